The Morgan fingerprint density at radius 3 is 2.00 bits per heavy atom. The normalized spacial score (nSPS) is 12.4. The lowest BCUT2D eigenvalue weighted by atomic mass is 10.4. The molecule has 0 unspecified atom stereocenters. The summed E-state index contributed by atoms with van der Waals surface area (Å²) in [5, 5.41) is 0. The van der Waals surface area contributed by atoms with Gasteiger partial charge in [0.15, 0.2) is 0 Å². The number of nitrogens with zero attached hydrogens (tertiary/aromatic N) is 1. The minimum absolute atomic E-state index is 0.187. The van der Waals surface area contributed by atoms with Crippen molar-refractivity contribution in [3.63, 3.8) is 0 Å². The number of sulfonamides is 2. The van der Waals surface area contributed by atoms with E-state index >= 15 is 0 Å². The molecule has 0 amide bonds. The zero-order valence-electron chi connectivity index (χ0n) is 10.3. The monoisotopic (exact) mass is 297 g/mol. The predicted octanol–water partition coefficient (Wildman–Crippen LogP) is -0.159. The van der Waals surface area contributed by atoms with Crippen molar-refractivity contribution in [1.29, 1.82) is 0 Å². The fraction of sp³-hybridized carbons (Fsp3) is 0.444. The van der Waals surface area contributed by atoms with Gasteiger partial charge >= 0.3 is 5.97 Å². The van der Waals surface area contributed by atoms with Crippen molar-refractivity contribution in [3.05, 3.63) is 24.4 Å². The van der Waals surface area contributed by atoms with E-state index in [4.69, 9.17) is 0 Å². The van der Waals surface area contributed by atoms with E-state index in [2.05, 4.69) is 11.3 Å². The van der Waals surface area contributed by atoms with E-state index in [-0.39, 0.29) is 15.9 Å². The van der Waals surface area contributed by atoms with Crippen molar-refractivity contribution < 1.29 is 26.4 Å². The first-order chi connectivity index (χ1) is 7.96. The lowest BCUT2D eigenvalue weighted by Gasteiger charge is -2.14. The second-order valence-electron chi connectivity index (χ2n) is 3.51. The summed E-state index contributed by atoms with van der Waals surface area (Å²) in [6, 6.07) is 0. The second-order valence-corrected chi connectivity index (χ2v) is 7.46. The van der Waals surface area contributed by atoms with Crippen LogP contribution in [-0.4, -0.2) is 45.6 Å². The van der Waals surface area contributed by atoms with Gasteiger partial charge in [-0.2, -0.15) is 3.71 Å². The summed E-state index contributed by atoms with van der Waals surface area (Å²) >= 11 is 0. The van der Waals surface area contributed by atoms with Crippen molar-refractivity contribution >= 4 is 26.0 Å². The summed E-state index contributed by atoms with van der Waals surface area (Å²) in [6.45, 7) is 4.54. The fourth-order valence-electron chi connectivity index (χ4n) is 0.843. The Morgan fingerprint density at radius 1 is 1.22 bits per heavy atom. The minimum atomic E-state index is -3.94. The SMILES string of the molecule is C=C(C)C(=O)OCC=CN(S(C)(=O)=O)S(C)(=O)=O. The van der Waals surface area contributed by atoms with Crippen LogP contribution < -0.4 is 0 Å². The third kappa shape index (κ3) is 5.82. The topological polar surface area (TPSA) is 97.8 Å². The molecule has 0 aliphatic rings. The van der Waals surface area contributed by atoms with Crippen molar-refractivity contribution in [2.75, 3.05) is 19.1 Å². The zero-order chi connectivity index (χ0) is 14.6. The van der Waals surface area contributed by atoms with Crippen LogP contribution in [0.2, 0.25) is 0 Å². The van der Waals surface area contributed by atoms with Crippen molar-refractivity contribution in [1.82, 2.24) is 3.71 Å². The molecular weight excluding hydrogens is 282 g/mol. The number of esters is 1. The molecule has 0 rings (SSSR count). The summed E-state index contributed by atoms with van der Waals surface area (Å²) in [5.74, 6) is -0.648. The van der Waals surface area contributed by atoms with E-state index in [0.29, 0.717) is 0 Å². The highest BCUT2D eigenvalue weighted by Gasteiger charge is 2.22. The number of ether oxygens (including phenoxy) is 1. The molecule has 0 saturated carbocycles. The van der Waals surface area contributed by atoms with Gasteiger partial charge in [0.25, 0.3) is 0 Å². The Hall–Kier alpha value is -1.35. The summed E-state index contributed by atoms with van der Waals surface area (Å²) in [4.78, 5) is 11.0. The van der Waals surface area contributed by atoms with E-state index in [1.165, 1.54) is 6.92 Å². The molecule has 0 aromatic carbocycles. The van der Waals surface area contributed by atoms with Crippen molar-refractivity contribution in [2.45, 2.75) is 6.92 Å². The maximum Gasteiger partial charge on any atom is 0.333 e. The first kappa shape index (κ1) is 16.6. The molecule has 0 fully saturated rings. The number of carbonyl (C=O) groups is 1. The maximum absolute atomic E-state index is 11.2. The number of hydrogen-bond donors (Lipinski definition) is 0. The summed E-state index contributed by atoms with van der Waals surface area (Å²) in [5.41, 5.74) is 0.187. The minimum Gasteiger partial charge on any atom is -0.458 e. The molecule has 18 heavy (non-hydrogen) atoms. The average Bonchev–Trinajstić information content (AvgIpc) is 2.12. The molecular formula is C9H15NO6S2. The standard InChI is InChI=1S/C9H15NO6S2/c1-8(2)9(11)16-7-5-6-10(17(3,12)13)18(4,14)15/h5-6H,1,7H2,2-4H3. The van der Waals surface area contributed by atoms with Gasteiger partial charge in [-0.1, -0.05) is 6.58 Å². The smallest absolute Gasteiger partial charge is 0.333 e. The Labute approximate surface area is 107 Å². The van der Waals surface area contributed by atoms with Crippen LogP contribution in [0.1, 0.15) is 6.92 Å². The number of rotatable bonds is 6. The van der Waals surface area contributed by atoms with Crippen LogP contribution in [0, 0.1) is 0 Å². The second kappa shape index (κ2) is 6.01. The van der Waals surface area contributed by atoms with Crippen LogP contribution >= 0.6 is 0 Å². The number of carbonyl (C=O) groups excluding carboxylic acids is 1. The molecule has 0 heterocycles. The van der Waals surface area contributed by atoms with E-state index in [1.54, 1.807) is 0 Å². The molecule has 0 spiro atoms. The van der Waals surface area contributed by atoms with Gasteiger partial charge in [-0.15, -0.1) is 0 Å². The number of hydrogen-bond acceptors (Lipinski definition) is 6. The maximum atomic E-state index is 11.2. The van der Waals surface area contributed by atoms with Gasteiger partial charge in [0, 0.05) is 11.8 Å². The van der Waals surface area contributed by atoms with Gasteiger partial charge in [-0.3, -0.25) is 0 Å². The summed E-state index contributed by atoms with van der Waals surface area (Å²) in [6.07, 6.45) is 3.41. The Bertz CT molecular complexity index is 526. The van der Waals surface area contributed by atoms with Gasteiger partial charge < -0.3 is 4.74 Å². The third-order valence-corrected chi connectivity index (χ3v) is 4.72. The Morgan fingerprint density at radius 2 is 1.67 bits per heavy atom. The van der Waals surface area contributed by atoms with Gasteiger partial charge in [0.2, 0.25) is 20.0 Å². The van der Waals surface area contributed by atoms with E-state index in [1.807, 2.05) is 0 Å². The van der Waals surface area contributed by atoms with E-state index in [9.17, 15) is 21.6 Å². The molecule has 9 heteroatoms. The van der Waals surface area contributed by atoms with Gasteiger partial charge in [-0.25, -0.2) is 21.6 Å². The largest absolute Gasteiger partial charge is 0.458 e. The highest BCUT2D eigenvalue weighted by molar-refractivity contribution is 8.03. The molecule has 0 radical (unpaired) electrons. The molecule has 0 bridgehead atoms. The average molecular weight is 297 g/mol. The molecule has 0 aliphatic carbocycles. The van der Waals surface area contributed by atoms with Crippen LogP contribution in [0.15, 0.2) is 24.4 Å². The zero-order valence-corrected chi connectivity index (χ0v) is 11.9. The molecule has 0 aliphatic heterocycles. The van der Waals surface area contributed by atoms with Crippen molar-refractivity contribution in [3.8, 4) is 0 Å². The molecule has 0 N–H and O–H groups in total. The van der Waals surface area contributed by atoms with Crippen LogP contribution in [0.4, 0.5) is 0 Å². The first-order valence-corrected chi connectivity index (χ1v) is 8.35. The molecule has 0 aromatic heterocycles. The molecule has 0 atom stereocenters. The third-order valence-electron chi connectivity index (χ3n) is 1.54. The van der Waals surface area contributed by atoms with E-state index in [0.717, 1.165) is 24.8 Å². The van der Waals surface area contributed by atoms with Crippen LogP contribution in [-0.2, 0) is 29.6 Å². The molecule has 7 nitrogen and oxygen atoms in total. The molecule has 0 aromatic rings. The van der Waals surface area contributed by atoms with Crippen LogP contribution in [0.25, 0.3) is 0 Å². The first-order valence-electron chi connectivity index (χ1n) is 4.65. The highest BCUT2D eigenvalue weighted by atomic mass is 32.3. The van der Waals surface area contributed by atoms with Gasteiger partial charge in [0.05, 0.1) is 12.5 Å². The Balaban J connectivity index is 4.75. The van der Waals surface area contributed by atoms with Crippen LogP contribution in [0.3, 0.4) is 0 Å². The molecule has 104 valence electrons. The summed E-state index contributed by atoms with van der Waals surface area (Å²) < 4.78 is 49.6. The predicted molar refractivity (Wildman–Crippen MR) is 66.4 cm³/mol. The fourth-order valence-corrected chi connectivity index (χ4v) is 3.43. The van der Waals surface area contributed by atoms with Gasteiger partial charge in [-0.05, 0) is 13.0 Å². The summed E-state index contributed by atoms with van der Waals surface area (Å²) in [7, 11) is -7.88. The van der Waals surface area contributed by atoms with Crippen molar-refractivity contribution in [2.24, 2.45) is 0 Å². The van der Waals surface area contributed by atoms with Crippen LogP contribution in [0.5, 0.6) is 0 Å². The lowest BCUT2D eigenvalue weighted by Crippen LogP contribution is -2.30. The highest BCUT2D eigenvalue weighted by Crippen LogP contribution is 2.05. The lowest BCUT2D eigenvalue weighted by molar-refractivity contribution is -0.137. The van der Waals surface area contributed by atoms with Gasteiger partial charge in [0.1, 0.15) is 6.61 Å². The Kier molecular flexibility index (Phi) is 5.55. The molecule has 0 saturated heterocycles. The van der Waals surface area contributed by atoms with E-state index < -0.39 is 26.0 Å². The quantitative estimate of drug-likeness (QED) is 0.499.